The molecule has 2 rings (SSSR count). The summed E-state index contributed by atoms with van der Waals surface area (Å²) in [6.45, 7) is 8.54. The van der Waals surface area contributed by atoms with Crippen LogP contribution in [0.3, 0.4) is 0 Å². The monoisotopic (exact) mass is 287 g/mol. The number of carbonyl (C=O) groups excluding carboxylic acids is 1. The summed E-state index contributed by atoms with van der Waals surface area (Å²) in [5.74, 6) is 0.942. The Morgan fingerprint density at radius 3 is 2.48 bits per heavy atom. The van der Waals surface area contributed by atoms with Gasteiger partial charge in [-0.1, -0.05) is 31.9 Å². The number of Topliss-reactive ketones (excluding diaryl/α,β-unsaturated/α-hetero) is 1. The molecule has 116 valence electrons. The quantitative estimate of drug-likeness (QED) is 0.766. The first kappa shape index (κ1) is 16.2. The molecule has 2 heteroatoms. The molecule has 0 radical (unpaired) electrons. The number of likely N-dealkylation sites (N-methyl/N-ethyl adjacent to an activating group) is 1. The largest absolute Gasteiger partial charge is 0.293 e. The molecule has 0 spiro atoms. The summed E-state index contributed by atoms with van der Waals surface area (Å²) < 4.78 is 0. The predicted molar refractivity (Wildman–Crippen MR) is 88.9 cm³/mol. The molecule has 3 unspecified atom stereocenters. The third-order valence-corrected chi connectivity index (χ3v) is 5.37. The SMILES string of the molecule is Cc1ccc(C(=O)C(C)N(C)C2CCCCC2C)cc1C. The van der Waals surface area contributed by atoms with Gasteiger partial charge >= 0.3 is 0 Å². The van der Waals surface area contributed by atoms with E-state index in [4.69, 9.17) is 0 Å². The predicted octanol–water partition coefficient (Wildman–Crippen LogP) is 4.39. The molecule has 0 saturated heterocycles. The lowest BCUT2D eigenvalue weighted by molar-refractivity contribution is 0.0692. The average molecular weight is 287 g/mol. The van der Waals surface area contributed by atoms with Gasteiger partial charge in [-0.2, -0.15) is 0 Å². The van der Waals surface area contributed by atoms with Crippen molar-refractivity contribution in [1.29, 1.82) is 0 Å². The Labute approximate surface area is 129 Å². The number of ketones is 1. The Kier molecular flexibility index (Phi) is 5.21. The fourth-order valence-electron chi connectivity index (χ4n) is 3.51. The zero-order valence-electron chi connectivity index (χ0n) is 14.1. The topological polar surface area (TPSA) is 20.3 Å². The first-order valence-corrected chi connectivity index (χ1v) is 8.25. The van der Waals surface area contributed by atoms with E-state index in [0.717, 1.165) is 5.56 Å². The minimum Gasteiger partial charge on any atom is -0.293 e. The van der Waals surface area contributed by atoms with Crippen LogP contribution in [0.1, 0.15) is 61.0 Å². The highest BCUT2D eigenvalue weighted by Crippen LogP contribution is 2.29. The van der Waals surface area contributed by atoms with Crippen LogP contribution in [0, 0.1) is 19.8 Å². The lowest BCUT2D eigenvalue weighted by Crippen LogP contribution is -2.47. The summed E-state index contributed by atoms with van der Waals surface area (Å²) in [7, 11) is 2.12. The molecule has 1 saturated carbocycles. The molecule has 3 atom stereocenters. The van der Waals surface area contributed by atoms with Crippen LogP contribution in [-0.4, -0.2) is 29.8 Å². The first-order valence-electron chi connectivity index (χ1n) is 8.25. The van der Waals surface area contributed by atoms with Gasteiger partial charge < -0.3 is 0 Å². The van der Waals surface area contributed by atoms with E-state index in [1.165, 1.54) is 36.8 Å². The van der Waals surface area contributed by atoms with Gasteiger partial charge in [-0.25, -0.2) is 0 Å². The minimum atomic E-state index is -0.0438. The smallest absolute Gasteiger partial charge is 0.179 e. The minimum absolute atomic E-state index is 0.0438. The summed E-state index contributed by atoms with van der Waals surface area (Å²) >= 11 is 0. The Morgan fingerprint density at radius 2 is 1.86 bits per heavy atom. The van der Waals surface area contributed by atoms with Crippen LogP contribution in [0.25, 0.3) is 0 Å². The van der Waals surface area contributed by atoms with Crippen molar-refractivity contribution in [2.75, 3.05) is 7.05 Å². The maximum atomic E-state index is 12.8. The second-order valence-electron chi connectivity index (χ2n) is 6.83. The zero-order chi connectivity index (χ0) is 15.6. The van der Waals surface area contributed by atoms with Crippen LogP contribution < -0.4 is 0 Å². The highest BCUT2D eigenvalue weighted by molar-refractivity contribution is 6.00. The maximum absolute atomic E-state index is 12.8. The van der Waals surface area contributed by atoms with Gasteiger partial charge in [-0.3, -0.25) is 9.69 Å². The molecular weight excluding hydrogens is 258 g/mol. The molecule has 0 aliphatic heterocycles. The van der Waals surface area contributed by atoms with Crippen molar-refractivity contribution in [1.82, 2.24) is 4.90 Å². The van der Waals surface area contributed by atoms with Crippen molar-refractivity contribution in [3.63, 3.8) is 0 Å². The van der Waals surface area contributed by atoms with Crippen LogP contribution in [0.15, 0.2) is 18.2 Å². The van der Waals surface area contributed by atoms with E-state index in [1.54, 1.807) is 0 Å². The molecular formula is C19H29NO. The second-order valence-corrected chi connectivity index (χ2v) is 6.83. The Balaban J connectivity index is 2.12. The van der Waals surface area contributed by atoms with Gasteiger partial charge in [0.1, 0.15) is 0 Å². The summed E-state index contributed by atoms with van der Waals surface area (Å²) in [6, 6.07) is 6.56. The normalized spacial score (nSPS) is 24.1. The third kappa shape index (κ3) is 3.55. The average Bonchev–Trinajstić information content (AvgIpc) is 2.48. The van der Waals surface area contributed by atoms with E-state index in [9.17, 15) is 4.79 Å². The highest BCUT2D eigenvalue weighted by Gasteiger charge is 2.30. The Hall–Kier alpha value is -1.15. The van der Waals surface area contributed by atoms with E-state index in [1.807, 2.05) is 12.1 Å². The molecule has 1 aliphatic rings. The molecule has 2 nitrogen and oxygen atoms in total. The van der Waals surface area contributed by atoms with Gasteiger partial charge in [-0.05, 0) is 63.8 Å². The lowest BCUT2D eigenvalue weighted by Gasteiger charge is -2.39. The van der Waals surface area contributed by atoms with Gasteiger partial charge in [0.15, 0.2) is 5.78 Å². The number of benzene rings is 1. The van der Waals surface area contributed by atoms with Gasteiger partial charge in [0.25, 0.3) is 0 Å². The van der Waals surface area contributed by atoms with E-state index in [0.29, 0.717) is 12.0 Å². The van der Waals surface area contributed by atoms with E-state index in [2.05, 4.69) is 45.7 Å². The molecule has 1 aromatic carbocycles. The number of rotatable bonds is 4. The molecule has 0 heterocycles. The van der Waals surface area contributed by atoms with Crippen molar-refractivity contribution < 1.29 is 4.79 Å². The second kappa shape index (κ2) is 6.74. The molecule has 1 aliphatic carbocycles. The summed E-state index contributed by atoms with van der Waals surface area (Å²) in [5, 5.41) is 0. The van der Waals surface area contributed by atoms with E-state index >= 15 is 0 Å². The van der Waals surface area contributed by atoms with Crippen molar-refractivity contribution in [3.8, 4) is 0 Å². The molecule has 0 aromatic heterocycles. The molecule has 0 bridgehead atoms. The molecule has 21 heavy (non-hydrogen) atoms. The number of aryl methyl sites for hydroxylation is 2. The maximum Gasteiger partial charge on any atom is 0.179 e. The molecule has 0 amide bonds. The van der Waals surface area contributed by atoms with E-state index in [-0.39, 0.29) is 11.8 Å². The third-order valence-electron chi connectivity index (χ3n) is 5.37. The summed E-state index contributed by atoms with van der Waals surface area (Å²) in [6.07, 6.45) is 5.15. The summed E-state index contributed by atoms with van der Waals surface area (Å²) in [4.78, 5) is 15.1. The molecule has 1 aromatic rings. The number of hydrogen-bond acceptors (Lipinski definition) is 2. The number of hydrogen-bond donors (Lipinski definition) is 0. The van der Waals surface area contributed by atoms with Gasteiger partial charge in [0, 0.05) is 11.6 Å². The van der Waals surface area contributed by atoms with Gasteiger partial charge in [-0.15, -0.1) is 0 Å². The van der Waals surface area contributed by atoms with Gasteiger partial charge in [0.2, 0.25) is 0 Å². The first-order chi connectivity index (χ1) is 9.91. The fourth-order valence-corrected chi connectivity index (χ4v) is 3.51. The van der Waals surface area contributed by atoms with Crippen LogP contribution >= 0.6 is 0 Å². The molecule has 1 fully saturated rings. The number of nitrogens with zero attached hydrogens (tertiary/aromatic N) is 1. The Morgan fingerprint density at radius 1 is 1.19 bits per heavy atom. The van der Waals surface area contributed by atoms with Crippen LogP contribution in [0.2, 0.25) is 0 Å². The standard InChI is InChI=1S/C19H29NO/c1-13-10-11-17(12-15(13)3)19(21)16(4)20(5)18-9-7-6-8-14(18)2/h10-12,14,16,18H,6-9H2,1-5H3. The van der Waals surface area contributed by atoms with Crippen LogP contribution in [-0.2, 0) is 0 Å². The lowest BCUT2D eigenvalue weighted by atomic mass is 9.84. The zero-order valence-corrected chi connectivity index (χ0v) is 14.1. The van der Waals surface area contributed by atoms with Crippen molar-refractivity contribution >= 4 is 5.78 Å². The van der Waals surface area contributed by atoms with Crippen molar-refractivity contribution in [2.45, 2.75) is 65.5 Å². The van der Waals surface area contributed by atoms with Gasteiger partial charge in [0.05, 0.1) is 6.04 Å². The van der Waals surface area contributed by atoms with Crippen LogP contribution in [0.5, 0.6) is 0 Å². The van der Waals surface area contributed by atoms with E-state index < -0.39 is 0 Å². The van der Waals surface area contributed by atoms with Crippen molar-refractivity contribution in [2.24, 2.45) is 5.92 Å². The van der Waals surface area contributed by atoms with Crippen LogP contribution in [0.4, 0.5) is 0 Å². The van der Waals surface area contributed by atoms with Crippen molar-refractivity contribution in [3.05, 3.63) is 34.9 Å². The summed E-state index contributed by atoms with van der Waals surface area (Å²) in [5.41, 5.74) is 3.29. The molecule has 0 N–H and O–H groups in total. The highest BCUT2D eigenvalue weighted by atomic mass is 16.1. The fraction of sp³-hybridized carbons (Fsp3) is 0.632. The Bertz CT molecular complexity index is 508. The number of carbonyl (C=O) groups is 1.